The van der Waals surface area contributed by atoms with Crippen LogP contribution in [0, 0.1) is 5.82 Å². The van der Waals surface area contributed by atoms with Crippen LogP contribution in [0.3, 0.4) is 0 Å². The summed E-state index contributed by atoms with van der Waals surface area (Å²) in [5, 5.41) is 2.86. The summed E-state index contributed by atoms with van der Waals surface area (Å²) in [4.78, 5) is 25.2. The third-order valence-electron chi connectivity index (χ3n) is 4.15. The number of halogens is 1. The molecule has 25 heavy (non-hydrogen) atoms. The number of hydrogen-bond acceptors (Lipinski definition) is 3. The summed E-state index contributed by atoms with van der Waals surface area (Å²) in [5.41, 5.74) is 2.51. The molecule has 1 N–H and O–H groups in total. The predicted octanol–water partition coefficient (Wildman–Crippen LogP) is 2.43. The van der Waals surface area contributed by atoms with Crippen LogP contribution in [0.15, 0.2) is 42.5 Å². The van der Waals surface area contributed by atoms with Crippen molar-refractivity contribution in [2.75, 3.05) is 18.6 Å². The molecule has 1 aliphatic rings. The fourth-order valence-corrected chi connectivity index (χ4v) is 2.63. The largest absolute Gasteiger partial charge is 0.482 e. The Kier molecular flexibility index (Phi) is 4.97. The second-order valence-electron chi connectivity index (χ2n) is 5.95. The van der Waals surface area contributed by atoms with Crippen molar-refractivity contribution in [2.45, 2.75) is 19.4 Å². The Balaban J connectivity index is 1.54. The number of carbonyl (C=O) groups is 2. The Labute approximate surface area is 145 Å². The van der Waals surface area contributed by atoms with E-state index in [0.717, 1.165) is 11.1 Å². The van der Waals surface area contributed by atoms with Crippen LogP contribution in [0.2, 0.25) is 0 Å². The Bertz CT molecular complexity index is 790. The fraction of sp³-hybridized carbons (Fsp3) is 0.263. The lowest BCUT2D eigenvalue weighted by atomic mass is 10.1. The highest BCUT2D eigenvalue weighted by atomic mass is 19.1. The minimum absolute atomic E-state index is 0.0446. The van der Waals surface area contributed by atoms with E-state index in [1.807, 2.05) is 12.1 Å². The molecule has 130 valence electrons. The number of likely N-dealkylation sites (N-methyl/N-ethyl adjacent to an activating group) is 1. The Morgan fingerprint density at radius 2 is 1.92 bits per heavy atom. The Hall–Kier alpha value is -2.89. The third-order valence-corrected chi connectivity index (χ3v) is 4.15. The molecule has 1 heterocycles. The highest BCUT2D eigenvalue weighted by Gasteiger charge is 2.22. The number of anilines is 1. The van der Waals surface area contributed by atoms with E-state index in [9.17, 15) is 14.0 Å². The molecule has 0 unspecified atom stereocenters. The first-order valence-electron chi connectivity index (χ1n) is 8.06. The fourth-order valence-electron chi connectivity index (χ4n) is 2.63. The van der Waals surface area contributed by atoms with Crippen LogP contribution in [-0.2, 0) is 22.6 Å². The topological polar surface area (TPSA) is 58.6 Å². The molecule has 0 saturated carbocycles. The summed E-state index contributed by atoms with van der Waals surface area (Å²) >= 11 is 0. The standard InChI is InChI=1S/C19H19FN2O3/c1-22-16-10-14(4-8-17(16)25-12-19(22)24)11-21-18(23)9-5-13-2-6-15(20)7-3-13/h2-4,6-8,10H,5,9,11-12H2,1H3,(H,21,23). The number of hydrogen-bond donors (Lipinski definition) is 1. The first-order chi connectivity index (χ1) is 12.0. The number of amides is 2. The highest BCUT2D eigenvalue weighted by Crippen LogP contribution is 2.31. The van der Waals surface area contributed by atoms with Crippen LogP contribution in [0.1, 0.15) is 17.5 Å². The molecule has 0 bridgehead atoms. The summed E-state index contributed by atoms with van der Waals surface area (Å²) in [6, 6.07) is 11.6. The van der Waals surface area contributed by atoms with Crippen molar-refractivity contribution >= 4 is 17.5 Å². The molecule has 1 aliphatic heterocycles. The molecule has 0 aliphatic carbocycles. The lowest BCUT2D eigenvalue weighted by molar-refractivity contribution is -0.121. The Morgan fingerprint density at radius 1 is 1.20 bits per heavy atom. The van der Waals surface area contributed by atoms with E-state index in [1.165, 1.54) is 12.1 Å². The van der Waals surface area contributed by atoms with Crippen LogP contribution in [0.25, 0.3) is 0 Å². The number of nitrogens with one attached hydrogen (secondary N) is 1. The van der Waals surface area contributed by atoms with Gasteiger partial charge >= 0.3 is 0 Å². The van der Waals surface area contributed by atoms with Crippen molar-refractivity contribution in [2.24, 2.45) is 0 Å². The zero-order chi connectivity index (χ0) is 17.8. The van der Waals surface area contributed by atoms with Crippen LogP contribution in [-0.4, -0.2) is 25.5 Å². The van der Waals surface area contributed by atoms with Gasteiger partial charge in [0.2, 0.25) is 5.91 Å². The molecule has 6 heteroatoms. The SMILES string of the molecule is CN1C(=O)COc2ccc(CNC(=O)CCc3ccc(F)cc3)cc21. The van der Waals surface area contributed by atoms with Crippen LogP contribution < -0.4 is 15.0 Å². The first kappa shape index (κ1) is 17.0. The van der Waals surface area contributed by atoms with Gasteiger partial charge in [0.1, 0.15) is 11.6 Å². The third kappa shape index (κ3) is 4.15. The van der Waals surface area contributed by atoms with Gasteiger partial charge in [0.15, 0.2) is 6.61 Å². The van der Waals surface area contributed by atoms with Crippen molar-refractivity contribution in [3.05, 3.63) is 59.4 Å². The van der Waals surface area contributed by atoms with E-state index in [4.69, 9.17) is 4.74 Å². The summed E-state index contributed by atoms with van der Waals surface area (Å²) in [7, 11) is 1.70. The van der Waals surface area contributed by atoms with E-state index in [-0.39, 0.29) is 24.2 Å². The number of fused-ring (bicyclic) bond motifs is 1. The van der Waals surface area contributed by atoms with E-state index in [2.05, 4.69) is 5.32 Å². The molecule has 0 fully saturated rings. The molecular formula is C19H19FN2O3. The molecular weight excluding hydrogens is 323 g/mol. The van der Waals surface area contributed by atoms with E-state index >= 15 is 0 Å². The lowest BCUT2D eigenvalue weighted by Crippen LogP contribution is -2.35. The van der Waals surface area contributed by atoms with Crippen molar-refractivity contribution in [3.63, 3.8) is 0 Å². The van der Waals surface area contributed by atoms with Crippen molar-refractivity contribution in [1.29, 1.82) is 0 Å². The predicted molar refractivity (Wildman–Crippen MR) is 91.9 cm³/mol. The van der Waals surface area contributed by atoms with Gasteiger partial charge < -0.3 is 15.0 Å². The minimum atomic E-state index is -0.284. The van der Waals surface area contributed by atoms with Gasteiger partial charge in [-0.2, -0.15) is 0 Å². The van der Waals surface area contributed by atoms with E-state index in [0.29, 0.717) is 30.8 Å². The minimum Gasteiger partial charge on any atom is -0.482 e. The van der Waals surface area contributed by atoms with Crippen molar-refractivity contribution in [3.8, 4) is 5.75 Å². The van der Waals surface area contributed by atoms with Gasteiger partial charge in [-0.15, -0.1) is 0 Å². The van der Waals surface area contributed by atoms with Crippen molar-refractivity contribution in [1.82, 2.24) is 5.32 Å². The normalized spacial score (nSPS) is 13.2. The molecule has 5 nitrogen and oxygen atoms in total. The molecule has 3 rings (SSSR count). The van der Waals surface area contributed by atoms with Gasteiger partial charge in [-0.3, -0.25) is 9.59 Å². The van der Waals surface area contributed by atoms with Gasteiger partial charge in [0.25, 0.3) is 5.91 Å². The summed E-state index contributed by atoms with van der Waals surface area (Å²) in [6.45, 7) is 0.417. The zero-order valence-electron chi connectivity index (χ0n) is 13.9. The number of ether oxygens (including phenoxy) is 1. The average molecular weight is 342 g/mol. The average Bonchev–Trinajstić information content (AvgIpc) is 2.63. The van der Waals surface area contributed by atoms with Crippen LogP contribution in [0.5, 0.6) is 5.75 Å². The maximum absolute atomic E-state index is 12.9. The smallest absolute Gasteiger partial charge is 0.264 e. The van der Waals surface area contributed by atoms with Gasteiger partial charge in [-0.1, -0.05) is 18.2 Å². The van der Waals surface area contributed by atoms with Crippen LogP contribution >= 0.6 is 0 Å². The molecule has 2 amide bonds. The summed E-state index contributed by atoms with van der Waals surface area (Å²) < 4.78 is 18.2. The highest BCUT2D eigenvalue weighted by molar-refractivity contribution is 5.97. The van der Waals surface area contributed by atoms with Gasteiger partial charge in [0.05, 0.1) is 5.69 Å². The molecule has 2 aromatic rings. The number of aryl methyl sites for hydroxylation is 1. The monoisotopic (exact) mass is 342 g/mol. The zero-order valence-corrected chi connectivity index (χ0v) is 13.9. The maximum Gasteiger partial charge on any atom is 0.264 e. The molecule has 0 saturated heterocycles. The van der Waals surface area contributed by atoms with Gasteiger partial charge in [-0.25, -0.2) is 4.39 Å². The van der Waals surface area contributed by atoms with E-state index < -0.39 is 0 Å². The number of carbonyl (C=O) groups excluding carboxylic acids is 2. The molecule has 0 atom stereocenters. The van der Waals surface area contributed by atoms with Gasteiger partial charge in [0, 0.05) is 20.0 Å². The summed E-state index contributed by atoms with van der Waals surface area (Å²) in [5.74, 6) is 0.192. The molecule has 0 radical (unpaired) electrons. The van der Waals surface area contributed by atoms with Crippen molar-refractivity contribution < 1.29 is 18.7 Å². The Morgan fingerprint density at radius 3 is 2.68 bits per heavy atom. The lowest BCUT2D eigenvalue weighted by Gasteiger charge is -2.26. The summed E-state index contributed by atoms with van der Waals surface area (Å²) in [6.07, 6.45) is 0.888. The van der Waals surface area contributed by atoms with Gasteiger partial charge in [-0.05, 0) is 41.8 Å². The molecule has 0 spiro atoms. The number of rotatable bonds is 5. The first-order valence-corrected chi connectivity index (χ1v) is 8.06. The molecule has 2 aromatic carbocycles. The maximum atomic E-state index is 12.9. The van der Waals surface area contributed by atoms with Crippen LogP contribution in [0.4, 0.5) is 10.1 Å². The second kappa shape index (κ2) is 7.34. The molecule has 0 aromatic heterocycles. The number of benzene rings is 2. The van der Waals surface area contributed by atoms with E-state index in [1.54, 1.807) is 30.1 Å². The number of nitrogens with zero attached hydrogens (tertiary/aromatic N) is 1. The quantitative estimate of drug-likeness (QED) is 0.908. The second-order valence-corrected chi connectivity index (χ2v) is 5.95.